The van der Waals surface area contributed by atoms with E-state index in [2.05, 4.69) is 11.1 Å². The lowest BCUT2D eigenvalue weighted by atomic mass is 10.1. The van der Waals surface area contributed by atoms with Crippen molar-refractivity contribution in [1.82, 2.24) is 4.98 Å². The molecule has 0 amide bonds. The Morgan fingerprint density at radius 2 is 2.58 bits per heavy atom. The molecule has 1 aromatic rings. The van der Waals surface area contributed by atoms with E-state index in [0.29, 0.717) is 24.0 Å². The molecular formula is C10H13NO. The molecule has 0 spiro atoms. The summed E-state index contributed by atoms with van der Waals surface area (Å²) in [5.41, 5.74) is 1.22. The fourth-order valence-corrected chi connectivity index (χ4v) is 1.73. The SMILES string of the molecule is CCC(=O)C1CC1c1ccc[nH]1. The van der Waals surface area contributed by atoms with Gasteiger partial charge in [-0.15, -0.1) is 0 Å². The van der Waals surface area contributed by atoms with Crippen molar-refractivity contribution in [2.75, 3.05) is 0 Å². The van der Waals surface area contributed by atoms with E-state index in [4.69, 9.17) is 0 Å². The number of Topliss-reactive ketones (excluding diaryl/α,β-unsaturated/α-hetero) is 1. The molecule has 0 bridgehead atoms. The maximum absolute atomic E-state index is 11.3. The molecule has 2 unspecified atom stereocenters. The molecule has 1 aliphatic rings. The molecule has 2 atom stereocenters. The van der Waals surface area contributed by atoms with E-state index in [-0.39, 0.29) is 0 Å². The van der Waals surface area contributed by atoms with E-state index in [1.54, 1.807) is 0 Å². The lowest BCUT2D eigenvalue weighted by molar-refractivity contribution is -0.120. The first-order valence-corrected chi connectivity index (χ1v) is 4.49. The molecule has 2 rings (SSSR count). The normalized spacial score (nSPS) is 27.1. The van der Waals surface area contributed by atoms with Gasteiger partial charge in [-0.05, 0) is 18.6 Å². The largest absolute Gasteiger partial charge is 0.365 e. The average Bonchev–Trinajstić information content (AvgIpc) is 2.71. The second kappa shape index (κ2) is 2.77. The average molecular weight is 163 g/mol. The standard InChI is InChI=1S/C10H13NO/c1-2-10(12)8-6-7(8)9-4-3-5-11-9/h3-5,7-8,11H,2,6H2,1H3. The Morgan fingerprint density at radius 1 is 1.75 bits per heavy atom. The summed E-state index contributed by atoms with van der Waals surface area (Å²) < 4.78 is 0. The van der Waals surface area contributed by atoms with Gasteiger partial charge < -0.3 is 4.98 Å². The third-order valence-corrected chi connectivity index (χ3v) is 2.57. The van der Waals surface area contributed by atoms with Gasteiger partial charge in [-0.1, -0.05) is 6.92 Å². The minimum absolute atomic E-state index is 0.314. The second-order valence-corrected chi connectivity index (χ2v) is 3.39. The van der Waals surface area contributed by atoms with Gasteiger partial charge >= 0.3 is 0 Å². The van der Waals surface area contributed by atoms with Crippen molar-refractivity contribution in [2.24, 2.45) is 5.92 Å². The lowest BCUT2D eigenvalue weighted by Gasteiger charge is -1.93. The predicted octanol–water partition coefficient (Wildman–Crippen LogP) is 2.10. The number of ketones is 1. The Bertz CT molecular complexity index is 276. The zero-order valence-electron chi connectivity index (χ0n) is 7.21. The maximum Gasteiger partial charge on any atom is 0.136 e. The molecule has 1 saturated carbocycles. The van der Waals surface area contributed by atoms with E-state index >= 15 is 0 Å². The van der Waals surface area contributed by atoms with Gasteiger partial charge in [-0.3, -0.25) is 4.79 Å². The quantitative estimate of drug-likeness (QED) is 0.727. The van der Waals surface area contributed by atoms with E-state index in [0.717, 1.165) is 6.42 Å². The van der Waals surface area contributed by atoms with Crippen LogP contribution in [0.4, 0.5) is 0 Å². The number of carbonyl (C=O) groups excluding carboxylic acids is 1. The first-order valence-electron chi connectivity index (χ1n) is 4.49. The molecule has 2 heteroatoms. The van der Waals surface area contributed by atoms with Gasteiger partial charge in [0.1, 0.15) is 5.78 Å². The van der Waals surface area contributed by atoms with Gasteiger partial charge in [-0.25, -0.2) is 0 Å². The van der Waals surface area contributed by atoms with E-state index in [1.165, 1.54) is 5.69 Å². The summed E-state index contributed by atoms with van der Waals surface area (Å²) in [4.78, 5) is 14.4. The van der Waals surface area contributed by atoms with Crippen LogP contribution < -0.4 is 0 Å². The van der Waals surface area contributed by atoms with Gasteiger partial charge in [0.2, 0.25) is 0 Å². The summed E-state index contributed by atoms with van der Waals surface area (Å²) in [5, 5.41) is 0. The van der Waals surface area contributed by atoms with Crippen LogP contribution in [0.15, 0.2) is 18.3 Å². The summed E-state index contributed by atoms with van der Waals surface area (Å²) in [7, 11) is 0. The number of carbonyl (C=O) groups is 1. The van der Waals surface area contributed by atoms with Crippen molar-refractivity contribution >= 4 is 5.78 Å². The highest BCUT2D eigenvalue weighted by Gasteiger charge is 2.43. The van der Waals surface area contributed by atoms with Gasteiger partial charge in [-0.2, -0.15) is 0 Å². The van der Waals surface area contributed by atoms with Crippen LogP contribution in [0.1, 0.15) is 31.4 Å². The summed E-state index contributed by atoms with van der Waals surface area (Å²) in [6.07, 6.45) is 3.65. The Labute approximate surface area is 72.0 Å². The molecule has 0 radical (unpaired) electrons. The van der Waals surface area contributed by atoms with Crippen LogP contribution in [0.2, 0.25) is 0 Å². The number of nitrogens with one attached hydrogen (secondary N) is 1. The maximum atomic E-state index is 11.3. The van der Waals surface area contributed by atoms with Crippen molar-refractivity contribution in [2.45, 2.75) is 25.7 Å². The molecule has 1 aromatic heterocycles. The Kier molecular flexibility index (Phi) is 1.75. The highest BCUT2D eigenvalue weighted by molar-refractivity contribution is 5.84. The molecule has 64 valence electrons. The fourth-order valence-electron chi connectivity index (χ4n) is 1.73. The minimum Gasteiger partial charge on any atom is -0.365 e. The van der Waals surface area contributed by atoms with E-state index in [9.17, 15) is 4.79 Å². The van der Waals surface area contributed by atoms with Crippen molar-refractivity contribution in [3.8, 4) is 0 Å². The summed E-state index contributed by atoms with van der Waals surface area (Å²) >= 11 is 0. The molecule has 0 saturated heterocycles. The molecule has 0 aliphatic heterocycles. The summed E-state index contributed by atoms with van der Waals surface area (Å²) in [6, 6.07) is 4.05. The molecule has 1 heterocycles. The van der Waals surface area contributed by atoms with Crippen molar-refractivity contribution in [3.05, 3.63) is 24.0 Å². The van der Waals surface area contributed by atoms with Crippen LogP contribution in [0, 0.1) is 5.92 Å². The number of rotatable bonds is 3. The van der Waals surface area contributed by atoms with Crippen LogP contribution in [0.25, 0.3) is 0 Å². The summed E-state index contributed by atoms with van der Waals surface area (Å²) in [6.45, 7) is 1.94. The molecule has 12 heavy (non-hydrogen) atoms. The molecule has 0 aromatic carbocycles. The molecule has 1 aliphatic carbocycles. The monoisotopic (exact) mass is 163 g/mol. The van der Waals surface area contributed by atoms with Crippen LogP contribution in [-0.2, 0) is 4.79 Å². The van der Waals surface area contributed by atoms with Crippen molar-refractivity contribution in [3.63, 3.8) is 0 Å². The Hall–Kier alpha value is -1.05. The van der Waals surface area contributed by atoms with Gasteiger partial charge in [0.25, 0.3) is 0 Å². The Balaban J connectivity index is 2.01. The smallest absolute Gasteiger partial charge is 0.136 e. The number of hydrogen-bond donors (Lipinski definition) is 1. The van der Waals surface area contributed by atoms with Crippen LogP contribution in [0.5, 0.6) is 0 Å². The number of aromatic nitrogens is 1. The lowest BCUT2D eigenvalue weighted by Crippen LogP contribution is -1.99. The first-order chi connectivity index (χ1) is 5.83. The van der Waals surface area contributed by atoms with Crippen LogP contribution in [0.3, 0.4) is 0 Å². The van der Waals surface area contributed by atoms with Gasteiger partial charge in [0, 0.05) is 30.1 Å². The Morgan fingerprint density at radius 3 is 3.17 bits per heavy atom. The minimum atomic E-state index is 0.314. The highest BCUT2D eigenvalue weighted by Crippen LogP contribution is 2.47. The third kappa shape index (κ3) is 1.17. The number of aromatic amines is 1. The van der Waals surface area contributed by atoms with E-state index < -0.39 is 0 Å². The zero-order chi connectivity index (χ0) is 8.55. The van der Waals surface area contributed by atoms with E-state index in [1.807, 2.05) is 19.2 Å². The predicted molar refractivity (Wildman–Crippen MR) is 46.9 cm³/mol. The molecule has 2 nitrogen and oxygen atoms in total. The number of hydrogen-bond acceptors (Lipinski definition) is 1. The van der Waals surface area contributed by atoms with Gasteiger partial charge in [0.15, 0.2) is 0 Å². The van der Waals surface area contributed by atoms with Crippen molar-refractivity contribution < 1.29 is 4.79 Å². The fraction of sp³-hybridized carbons (Fsp3) is 0.500. The summed E-state index contributed by atoms with van der Waals surface area (Å²) in [5.74, 6) is 1.22. The number of H-pyrrole nitrogens is 1. The topological polar surface area (TPSA) is 32.9 Å². The van der Waals surface area contributed by atoms with Crippen LogP contribution in [-0.4, -0.2) is 10.8 Å². The van der Waals surface area contributed by atoms with Crippen molar-refractivity contribution in [1.29, 1.82) is 0 Å². The first kappa shape index (κ1) is 7.59. The zero-order valence-corrected chi connectivity index (χ0v) is 7.21. The van der Waals surface area contributed by atoms with Gasteiger partial charge in [0.05, 0.1) is 0 Å². The molecular weight excluding hydrogens is 150 g/mol. The molecule has 1 fully saturated rings. The highest BCUT2D eigenvalue weighted by atomic mass is 16.1. The molecule has 1 N–H and O–H groups in total. The second-order valence-electron chi connectivity index (χ2n) is 3.39. The third-order valence-electron chi connectivity index (χ3n) is 2.57. The van der Waals surface area contributed by atoms with Crippen LogP contribution >= 0.6 is 0 Å².